The van der Waals surface area contributed by atoms with E-state index in [2.05, 4.69) is 5.32 Å². The quantitative estimate of drug-likeness (QED) is 0.704. The van der Waals surface area contributed by atoms with Crippen LogP contribution in [0.15, 0.2) is 0 Å². The number of amides is 1. The second-order valence-corrected chi connectivity index (χ2v) is 6.14. The molecule has 2 fully saturated rings. The summed E-state index contributed by atoms with van der Waals surface area (Å²) in [6.45, 7) is 8.75. The Labute approximate surface area is 104 Å². The van der Waals surface area contributed by atoms with Crippen LogP contribution in [0.5, 0.6) is 0 Å². The zero-order valence-electron chi connectivity index (χ0n) is 11.2. The minimum Gasteiger partial charge on any atom is -0.444 e. The third-order valence-electron chi connectivity index (χ3n) is 3.57. The molecule has 0 aliphatic carbocycles. The van der Waals surface area contributed by atoms with Crippen molar-refractivity contribution in [2.24, 2.45) is 5.92 Å². The lowest BCUT2D eigenvalue weighted by Gasteiger charge is -2.29. The largest absolute Gasteiger partial charge is 0.444 e. The van der Waals surface area contributed by atoms with Gasteiger partial charge in [0.15, 0.2) is 0 Å². The monoisotopic (exact) mass is 240 g/mol. The van der Waals surface area contributed by atoms with Gasteiger partial charge in [-0.25, -0.2) is 4.79 Å². The Morgan fingerprint density at radius 2 is 2.12 bits per heavy atom. The van der Waals surface area contributed by atoms with E-state index in [0.29, 0.717) is 12.0 Å². The highest BCUT2D eigenvalue weighted by Gasteiger charge is 2.39. The van der Waals surface area contributed by atoms with Crippen LogP contribution in [-0.4, -0.2) is 42.3 Å². The maximum Gasteiger partial charge on any atom is 0.410 e. The van der Waals surface area contributed by atoms with Crippen molar-refractivity contribution in [1.82, 2.24) is 10.2 Å². The zero-order valence-corrected chi connectivity index (χ0v) is 11.2. The van der Waals surface area contributed by atoms with E-state index in [1.165, 1.54) is 0 Å². The lowest BCUT2D eigenvalue weighted by Crippen LogP contribution is -2.41. The summed E-state index contributed by atoms with van der Waals surface area (Å²) >= 11 is 0. The smallest absolute Gasteiger partial charge is 0.410 e. The number of likely N-dealkylation sites (tertiary alicyclic amines) is 1. The van der Waals surface area contributed by atoms with Crippen LogP contribution >= 0.6 is 0 Å². The normalized spacial score (nSPS) is 29.7. The van der Waals surface area contributed by atoms with Crippen molar-refractivity contribution in [1.29, 1.82) is 0 Å². The van der Waals surface area contributed by atoms with Crippen LogP contribution in [0.25, 0.3) is 0 Å². The second-order valence-electron chi connectivity index (χ2n) is 6.14. The molecule has 4 heteroatoms. The molecule has 2 atom stereocenters. The van der Waals surface area contributed by atoms with Gasteiger partial charge in [-0.05, 0) is 59.0 Å². The third kappa shape index (κ3) is 3.12. The van der Waals surface area contributed by atoms with Crippen LogP contribution in [0.2, 0.25) is 0 Å². The fourth-order valence-corrected chi connectivity index (χ4v) is 2.82. The van der Waals surface area contributed by atoms with Gasteiger partial charge in [0.1, 0.15) is 5.60 Å². The fraction of sp³-hybridized carbons (Fsp3) is 0.923. The van der Waals surface area contributed by atoms with E-state index in [0.717, 1.165) is 38.9 Å². The first-order valence-corrected chi connectivity index (χ1v) is 6.68. The summed E-state index contributed by atoms with van der Waals surface area (Å²) in [6, 6.07) is 0.389. The molecule has 4 nitrogen and oxygen atoms in total. The molecule has 0 saturated carbocycles. The molecule has 1 N–H and O–H groups in total. The Bertz CT molecular complexity index is 286. The highest BCUT2D eigenvalue weighted by molar-refractivity contribution is 5.69. The van der Waals surface area contributed by atoms with Gasteiger partial charge in [0.25, 0.3) is 0 Å². The molecule has 2 rings (SSSR count). The number of ether oxygens (including phenoxy) is 1. The standard InChI is InChI=1S/C13H24N2O2/c1-13(2,3)17-12(16)15-8-6-10-9-14-7-4-5-11(10)15/h10-11,14H,4-9H2,1-3H3/t10-,11-/m1/s1. The van der Waals surface area contributed by atoms with E-state index in [1.807, 2.05) is 25.7 Å². The van der Waals surface area contributed by atoms with E-state index in [9.17, 15) is 4.79 Å². The topological polar surface area (TPSA) is 41.6 Å². The predicted octanol–water partition coefficient (Wildman–Crippen LogP) is 2.00. The molecular weight excluding hydrogens is 216 g/mol. The number of carbonyl (C=O) groups excluding carboxylic acids is 1. The second kappa shape index (κ2) is 4.84. The number of nitrogens with one attached hydrogen (secondary N) is 1. The minimum absolute atomic E-state index is 0.132. The average molecular weight is 240 g/mol. The molecule has 2 heterocycles. The first-order valence-electron chi connectivity index (χ1n) is 6.68. The summed E-state index contributed by atoms with van der Waals surface area (Å²) < 4.78 is 5.48. The maximum atomic E-state index is 12.1. The van der Waals surface area contributed by atoms with Crippen molar-refractivity contribution in [2.75, 3.05) is 19.6 Å². The average Bonchev–Trinajstić information content (AvgIpc) is 2.46. The van der Waals surface area contributed by atoms with Crippen LogP contribution in [0, 0.1) is 5.92 Å². The van der Waals surface area contributed by atoms with Gasteiger partial charge in [-0.1, -0.05) is 0 Å². The molecule has 0 bridgehead atoms. The number of hydrogen-bond donors (Lipinski definition) is 1. The first-order chi connectivity index (χ1) is 7.97. The van der Waals surface area contributed by atoms with E-state index in [-0.39, 0.29) is 6.09 Å². The summed E-state index contributed by atoms with van der Waals surface area (Å²) in [4.78, 5) is 14.1. The van der Waals surface area contributed by atoms with Gasteiger partial charge in [0.2, 0.25) is 0 Å². The van der Waals surface area contributed by atoms with Gasteiger partial charge in [-0.3, -0.25) is 0 Å². The Balaban J connectivity index is 1.99. The molecule has 0 spiro atoms. The van der Waals surface area contributed by atoms with Crippen molar-refractivity contribution in [3.8, 4) is 0 Å². The molecule has 1 amide bonds. The van der Waals surface area contributed by atoms with Crippen molar-refractivity contribution < 1.29 is 9.53 Å². The van der Waals surface area contributed by atoms with Gasteiger partial charge in [0.05, 0.1) is 0 Å². The molecule has 0 aromatic rings. The van der Waals surface area contributed by atoms with E-state index >= 15 is 0 Å². The first kappa shape index (κ1) is 12.7. The molecule has 0 aromatic heterocycles. The van der Waals surface area contributed by atoms with Crippen molar-refractivity contribution in [3.63, 3.8) is 0 Å². The molecule has 98 valence electrons. The van der Waals surface area contributed by atoms with Gasteiger partial charge < -0.3 is 15.0 Å². The van der Waals surface area contributed by atoms with Gasteiger partial charge in [0, 0.05) is 12.6 Å². The molecule has 0 unspecified atom stereocenters. The van der Waals surface area contributed by atoms with Gasteiger partial charge >= 0.3 is 6.09 Å². The lowest BCUT2D eigenvalue weighted by molar-refractivity contribution is 0.0204. The summed E-state index contributed by atoms with van der Waals surface area (Å²) in [6.07, 6.45) is 3.24. The van der Waals surface area contributed by atoms with Gasteiger partial charge in [-0.15, -0.1) is 0 Å². The SMILES string of the molecule is CC(C)(C)OC(=O)N1CC[C@@H]2CNCCC[C@H]21. The molecule has 2 aliphatic heterocycles. The third-order valence-corrected chi connectivity index (χ3v) is 3.57. The molecular formula is C13H24N2O2. The van der Waals surface area contributed by atoms with Crippen molar-refractivity contribution >= 4 is 6.09 Å². The van der Waals surface area contributed by atoms with Gasteiger partial charge in [-0.2, -0.15) is 0 Å². The van der Waals surface area contributed by atoms with Crippen LogP contribution in [0.3, 0.4) is 0 Å². The summed E-state index contributed by atoms with van der Waals surface area (Å²) in [7, 11) is 0. The number of nitrogens with zero attached hydrogens (tertiary/aromatic N) is 1. The Morgan fingerprint density at radius 3 is 2.82 bits per heavy atom. The minimum atomic E-state index is -0.391. The molecule has 0 aromatic carbocycles. The summed E-state index contributed by atoms with van der Waals surface area (Å²) in [5.41, 5.74) is -0.391. The maximum absolute atomic E-state index is 12.1. The lowest BCUT2D eigenvalue weighted by atomic mass is 9.98. The highest BCUT2D eigenvalue weighted by Crippen LogP contribution is 2.30. The number of fused-ring (bicyclic) bond motifs is 1. The van der Waals surface area contributed by atoms with E-state index in [4.69, 9.17) is 4.74 Å². The highest BCUT2D eigenvalue weighted by atomic mass is 16.6. The fourth-order valence-electron chi connectivity index (χ4n) is 2.82. The van der Waals surface area contributed by atoms with E-state index in [1.54, 1.807) is 0 Å². The summed E-state index contributed by atoms with van der Waals surface area (Å²) in [5.74, 6) is 0.616. The Morgan fingerprint density at radius 1 is 1.35 bits per heavy atom. The van der Waals surface area contributed by atoms with Crippen LogP contribution in [-0.2, 0) is 4.74 Å². The van der Waals surface area contributed by atoms with Crippen LogP contribution in [0.4, 0.5) is 4.79 Å². The van der Waals surface area contributed by atoms with E-state index < -0.39 is 5.60 Å². The molecule has 2 saturated heterocycles. The van der Waals surface area contributed by atoms with Crippen molar-refractivity contribution in [3.05, 3.63) is 0 Å². The van der Waals surface area contributed by atoms with Crippen molar-refractivity contribution in [2.45, 2.75) is 51.7 Å². The summed E-state index contributed by atoms with van der Waals surface area (Å²) in [5, 5.41) is 3.45. The Kier molecular flexibility index (Phi) is 3.61. The van der Waals surface area contributed by atoms with Crippen LogP contribution in [0.1, 0.15) is 40.0 Å². The van der Waals surface area contributed by atoms with Crippen LogP contribution < -0.4 is 5.32 Å². The number of hydrogen-bond acceptors (Lipinski definition) is 3. The number of carbonyl (C=O) groups is 1. The zero-order chi connectivity index (χ0) is 12.5. The number of rotatable bonds is 0. The Hall–Kier alpha value is -0.770. The molecule has 2 aliphatic rings. The molecule has 17 heavy (non-hydrogen) atoms. The predicted molar refractivity (Wildman–Crippen MR) is 66.9 cm³/mol. The molecule has 0 radical (unpaired) electrons.